The Bertz CT molecular complexity index is 962. The summed E-state index contributed by atoms with van der Waals surface area (Å²) in [5.74, 6) is -0.291. The zero-order valence-corrected chi connectivity index (χ0v) is 14.7. The second-order valence-electron chi connectivity index (χ2n) is 6.63. The molecule has 0 spiro atoms. The molecule has 0 aliphatic heterocycles. The lowest BCUT2D eigenvalue weighted by molar-refractivity contribution is 0.0544. The topological polar surface area (TPSA) is 85.8 Å². The highest BCUT2D eigenvalue weighted by molar-refractivity contribution is 6.03. The van der Waals surface area contributed by atoms with Crippen LogP contribution in [-0.2, 0) is 4.74 Å². The van der Waals surface area contributed by atoms with Crippen LogP contribution in [0.5, 0.6) is 0 Å². The van der Waals surface area contributed by atoms with Crippen LogP contribution in [0.15, 0.2) is 58.4 Å². The Kier molecular flexibility index (Phi) is 4.62. The summed E-state index contributed by atoms with van der Waals surface area (Å²) in [4.78, 5) is 24.3. The number of ether oxygens (including phenoxy) is 1. The molecule has 0 radical (unpaired) electrons. The molecular formula is C19H19N3O4. The fraction of sp³-hybridized carbons (Fsp3) is 0.211. The second kappa shape index (κ2) is 6.87. The van der Waals surface area contributed by atoms with Gasteiger partial charge < -0.3 is 9.15 Å². The van der Waals surface area contributed by atoms with Gasteiger partial charge in [-0.1, -0.05) is 18.2 Å². The van der Waals surface area contributed by atoms with Crippen molar-refractivity contribution in [2.45, 2.75) is 26.4 Å². The summed E-state index contributed by atoms with van der Waals surface area (Å²) in [6.07, 6.45) is 4.03. The molecule has 0 aliphatic carbocycles. The first kappa shape index (κ1) is 17.5. The van der Waals surface area contributed by atoms with E-state index in [1.807, 2.05) is 45.0 Å². The molecule has 0 bridgehead atoms. The molecule has 26 heavy (non-hydrogen) atoms. The predicted octanol–water partition coefficient (Wildman–Crippen LogP) is 3.78. The maximum Gasteiger partial charge on any atom is 0.419 e. The van der Waals surface area contributed by atoms with Crippen LogP contribution < -0.4 is 5.43 Å². The molecule has 0 saturated heterocycles. The summed E-state index contributed by atoms with van der Waals surface area (Å²) in [6.45, 7) is 5.43. The van der Waals surface area contributed by atoms with Crippen molar-refractivity contribution in [3.8, 4) is 0 Å². The van der Waals surface area contributed by atoms with E-state index >= 15 is 0 Å². The zero-order chi connectivity index (χ0) is 18.7. The number of nitrogens with zero attached hydrogens (tertiary/aromatic N) is 2. The number of furan rings is 1. The Morgan fingerprint density at radius 1 is 1.19 bits per heavy atom. The Balaban J connectivity index is 1.86. The van der Waals surface area contributed by atoms with Gasteiger partial charge in [-0.2, -0.15) is 5.10 Å². The first-order chi connectivity index (χ1) is 12.3. The molecule has 2 heterocycles. The number of para-hydroxylation sites is 1. The number of benzene rings is 1. The van der Waals surface area contributed by atoms with Gasteiger partial charge in [0.25, 0.3) is 0 Å². The SMILES string of the molecule is CC(C)(C)OC(=O)n1cc(/C=N/NC(=O)c2ccco2)c2ccccc21. The molecule has 0 atom stereocenters. The standard InChI is InChI=1S/C19H19N3O4/c1-19(2,3)26-18(24)22-12-13(14-7-4-5-8-15(14)22)11-20-21-17(23)16-9-6-10-25-16/h4-12H,1-3H3,(H,21,23)/b20-11+. The minimum absolute atomic E-state index is 0.165. The summed E-state index contributed by atoms with van der Waals surface area (Å²) < 4.78 is 11.9. The van der Waals surface area contributed by atoms with Crippen molar-refractivity contribution in [1.29, 1.82) is 0 Å². The molecule has 3 rings (SSSR count). The number of carbonyl (C=O) groups excluding carboxylic acids is 2. The monoisotopic (exact) mass is 353 g/mol. The van der Waals surface area contributed by atoms with E-state index in [1.54, 1.807) is 18.3 Å². The van der Waals surface area contributed by atoms with E-state index in [1.165, 1.54) is 17.0 Å². The van der Waals surface area contributed by atoms with Crippen LogP contribution in [0.2, 0.25) is 0 Å². The van der Waals surface area contributed by atoms with Crippen molar-refractivity contribution >= 4 is 29.1 Å². The number of hydrogen-bond donors (Lipinski definition) is 1. The van der Waals surface area contributed by atoms with Crippen molar-refractivity contribution in [3.05, 3.63) is 60.2 Å². The number of hydrogen-bond acceptors (Lipinski definition) is 5. The van der Waals surface area contributed by atoms with Crippen molar-refractivity contribution in [2.75, 3.05) is 0 Å². The molecular weight excluding hydrogens is 334 g/mol. The fourth-order valence-electron chi connectivity index (χ4n) is 2.39. The number of fused-ring (bicyclic) bond motifs is 1. The summed E-state index contributed by atoms with van der Waals surface area (Å²) >= 11 is 0. The molecule has 1 N–H and O–H groups in total. The lowest BCUT2D eigenvalue weighted by atomic mass is 10.2. The Labute approximate surface area is 150 Å². The first-order valence-corrected chi connectivity index (χ1v) is 8.05. The predicted molar refractivity (Wildman–Crippen MR) is 97.3 cm³/mol. The van der Waals surface area contributed by atoms with Gasteiger partial charge in [-0.3, -0.25) is 9.36 Å². The smallest absolute Gasteiger partial charge is 0.419 e. The number of rotatable bonds is 3. The molecule has 134 valence electrons. The van der Waals surface area contributed by atoms with Crippen molar-refractivity contribution in [1.82, 2.24) is 9.99 Å². The molecule has 7 heteroatoms. The van der Waals surface area contributed by atoms with E-state index in [4.69, 9.17) is 9.15 Å². The van der Waals surface area contributed by atoms with Gasteiger partial charge in [-0.05, 0) is 39.0 Å². The number of aromatic nitrogens is 1. The Hall–Kier alpha value is -3.35. The number of amides is 1. The number of carbonyl (C=O) groups is 2. The van der Waals surface area contributed by atoms with E-state index in [0.717, 1.165) is 5.39 Å². The molecule has 2 aromatic heterocycles. The van der Waals surface area contributed by atoms with E-state index < -0.39 is 17.6 Å². The van der Waals surface area contributed by atoms with Crippen LogP contribution in [-0.4, -0.2) is 28.4 Å². The zero-order valence-electron chi connectivity index (χ0n) is 14.7. The van der Waals surface area contributed by atoms with Gasteiger partial charge in [0.1, 0.15) is 5.60 Å². The average molecular weight is 353 g/mol. The third kappa shape index (κ3) is 3.83. The van der Waals surface area contributed by atoms with Crippen LogP contribution >= 0.6 is 0 Å². The van der Waals surface area contributed by atoms with Gasteiger partial charge in [-0.15, -0.1) is 0 Å². The molecule has 0 aliphatic rings. The molecule has 3 aromatic rings. The van der Waals surface area contributed by atoms with Crippen LogP contribution in [0.25, 0.3) is 10.9 Å². The lowest BCUT2D eigenvalue weighted by Gasteiger charge is -2.19. The Morgan fingerprint density at radius 2 is 1.96 bits per heavy atom. The summed E-state index contributed by atoms with van der Waals surface area (Å²) in [5.41, 5.74) is 3.15. The minimum atomic E-state index is -0.603. The highest BCUT2D eigenvalue weighted by Gasteiger charge is 2.20. The van der Waals surface area contributed by atoms with E-state index in [2.05, 4.69) is 10.5 Å². The first-order valence-electron chi connectivity index (χ1n) is 8.05. The lowest BCUT2D eigenvalue weighted by Crippen LogP contribution is -2.26. The summed E-state index contributed by atoms with van der Waals surface area (Å²) in [5, 5.41) is 4.76. The van der Waals surface area contributed by atoms with Gasteiger partial charge >= 0.3 is 12.0 Å². The maximum absolute atomic E-state index is 12.4. The van der Waals surface area contributed by atoms with Crippen LogP contribution in [0, 0.1) is 0 Å². The highest BCUT2D eigenvalue weighted by Crippen LogP contribution is 2.21. The van der Waals surface area contributed by atoms with Crippen molar-refractivity contribution < 1.29 is 18.7 Å². The number of nitrogens with one attached hydrogen (secondary N) is 1. The Morgan fingerprint density at radius 3 is 2.65 bits per heavy atom. The van der Waals surface area contributed by atoms with Crippen LogP contribution in [0.4, 0.5) is 4.79 Å². The van der Waals surface area contributed by atoms with Crippen LogP contribution in [0.1, 0.15) is 36.9 Å². The number of hydrazone groups is 1. The molecule has 0 fully saturated rings. The van der Waals surface area contributed by atoms with Gasteiger partial charge in [-0.25, -0.2) is 10.2 Å². The molecule has 0 unspecified atom stereocenters. The summed E-state index contributed by atoms with van der Waals surface area (Å²) in [7, 11) is 0. The summed E-state index contributed by atoms with van der Waals surface area (Å²) in [6, 6.07) is 10.5. The molecule has 1 amide bonds. The molecule has 0 saturated carbocycles. The van der Waals surface area contributed by atoms with Gasteiger partial charge in [0.2, 0.25) is 0 Å². The quantitative estimate of drug-likeness (QED) is 0.573. The molecule has 1 aromatic carbocycles. The molecule has 7 nitrogen and oxygen atoms in total. The fourth-order valence-corrected chi connectivity index (χ4v) is 2.39. The van der Waals surface area contributed by atoms with E-state index in [9.17, 15) is 9.59 Å². The largest absolute Gasteiger partial charge is 0.459 e. The van der Waals surface area contributed by atoms with E-state index in [0.29, 0.717) is 11.1 Å². The third-order valence-corrected chi connectivity index (χ3v) is 3.45. The average Bonchev–Trinajstić information content (AvgIpc) is 3.21. The van der Waals surface area contributed by atoms with Gasteiger partial charge in [0, 0.05) is 17.1 Å². The third-order valence-electron chi connectivity index (χ3n) is 3.45. The van der Waals surface area contributed by atoms with Gasteiger partial charge in [0.05, 0.1) is 18.0 Å². The highest BCUT2D eigenvalue weighted by atomic mass is 16.6. The minimum Gasteiger partial charge on any atom is -0.459 e. The van der Waals surface area contributed by atoms with Crippen molar-refractivity contribution in [3.63, 3.8) is 0 Å². The normalized spacial score (nSPS) is 11.8. The van der Waals surface area contributed by atoms with Crippen LogP contribution in [0.3, 0.4) is 0 Å². The van der Waals surface area contributed by atoms with Gasteiger partial charge in [0.15, 0.2) is 5.76 Å². The van der Waals surface area contributed by atoms with Crippen molar-refractivity contribution in [2.24, 2.45) is 5.10 Å². The maximum atomic E-state index is 12.4. The van der Waals surface area contributed by atoms with E-state index in [-0.39, 0.29) is 5.76 Å². The second-order valence-corrected chi connectivity index (χ2v) is 6.63.